The highest BCUT2D eigenvalue weighted by Crippen LogP contribution is 2.46. The fraction of sp³-hybridized carbons (Fsp3) is 0.400. The van der Waals surface area contributed by atoms with Gasteiger partial charge < -0.3 is 10.2 Å². The smallest absolute Gasteiger partial charge is 0.314 e. The number of halogens is 1. The number of carboxylic acid groups (broad SMARTS) is 1. The van der Waals surface area contributed by atoms with Gasteiger partial charge in [0.1, 0.15) is 0 Å². The van der Waals surface area contributed by atoms with Gasteiger partial charge in [-0.2, -0.15) is 0 Å². The Hall–Kier alpha value is -0.940. The van der Waals surface area contributed by atoms with Crippen LogP contribution >= 0.6 is 15.9 Å². The highest BCUT2D eigenvalue weighted by molar-refractivity contribution is 9.10. The van der Waals surface area contributed by atoms with E-state index in [2.05, 4.69) is 20.9 Å². The van der Waals surface area contributed by atoms with Gasteiger partial charge in [-0.15, -0.1) is 0 Å². The van der Waals surface area contributed by atoms with E-state index in [-0.39, 0.29) is 12.8 Å². The predicted molar refractivity (Wildman–Crippen MR) is 56.5 cm³/mol. The molecule has 0 saturated heterocycles. The second-order valence-electron chi connectivity index (χ2n) is 3.80. The van der Waals surface area contributed by atoms with Gasteiger partial charge in [0.15, 0.2) is 0 Å². The summed E-state index contributed by atoms with van der Waals surface area (Å²) < 4.78 is 0.680. The Morgan fingerprint density at radius 3 is 2.73 bits per heavy atom. The van der Waals surface area contributed by atoms with Crippen molar-refractivity contribution in [3.63, 3.8) is 0 Å². The fourth-order valence-corrected chi connectivity index (χ4v) is 2.65. The molecule has 1 saturated carbocycles. The maximum atomic E-state index is 11.2. The fourth-order valence-electron chi connectivity index (χ4n) is 2.02. The number of aliphatic carboxylic acids is 1. The van der Waals surface area contributed by atoms with Crippen LogP contribution in [0.15, 0.2) is 22.9 Å². The van der Waals surface area contributed by atoms with E-state index in [1.165, 1.54) is 0 Å². The molecule has 4 nitrogen and oxygen atoms in total. The van der Waals surface area contributed by atoms with Crippen molar-refractivity contribution in [1.82, 2.24) is 4.98 Å². The van der Waals surface area contributed by atoms with Crippen molar-refractivity contribution < 1.29 is 15.0 Å². The van der Waals surface area contributed by atoms with Crippen LogP contribution in [-0.4, -0.2) is 27.3 Å². The predicted octanol–water partition coefficient (Wildman–Crippen LogP) is 1.32. The summed E-state index contributed by atoms with van der Waals surface area (Å²) in [5.74, 6) is -0.889. The minimum atomic E-state index is -0.943. The van der Waals surface area contributed by atoms with Gasteiger partial charge in [0.05, 0.1) is 11.5 Å². The third-order valence-corrected chi connectivity index (χ3v) is 3.50. The van der Waals surface area contributed by atoms with E-state index < -0.39 is 17.5 Å². The second kappa shape index (κ2) is 3.57. The van der Waals surface area contributed by atoms with Crippen LogP contribution in [0.25, 0.3) is 0 Å². The molecule has 80 valence electrons. The van der Waals surface area contributed by atoms with E-state index in [4.69, 9.17) is 0 Å². The van der Waals surface area contributed by atoms with Crippen LogP contribution in [0, 0.1) is 0 Å². The van der Waals surface area contributed by atoms with Crippen LogP contribution < -0.4 is 0 Å². The standard InChI is InChI=1S/C10H10BrNO3/c11-8-5-12-2-1-7(8)10(9(14)15)3-6(13)4-10/h1-2,5-6,13H,3-4H2,(H,14,15). The molecule has 0 spiro atoms. The molecule has 1 heterocycles. The van der Waals surface area contributed by atoms with Gasteiger partial charge in [0.2, 0.25) is 0 Å². The Balaban J connectivity index is 2.43. The van der Waals surface area contributed by atoms with Gasteiger partial charge in [-0.3, -0.25) is 9.78 Å². The largest absolute Gasteiger partial charge is 0.481 e. The molecule has 15 heavy (non-hydrogen) atoms. The lowest BCUT2D eigenvalue weighted by Gasteiger charge is -2.42. The van der Waals surface area contributed by atoms with Crippen LogP contribution in [0.2, 0.25) is 0 Å². The van der Waals surface area contributed by atoms with Crippen molar-refractivity contribution in [2.24, 2.45) is 0 Å². The molecule has 1 aromatic rings. The normalized spacial score (nSPS) is 29.6. The van der Waals surface area contributed by atoms with E-state index >= 15 is 0 Å². The summed E-state index contributed by atoms with van der Waals surface area (Å²) in [5, 5.41) is 18.5. The van der Waals surface area contributed by atoms with Gasteiger partial charge in [-0.1, -0.05) is 0 Å². The van der Waals surface area contributed by atoms with Crippen molar-refractivity contribution in [1.29, 1.82) is 0 Å². The van der Waals surface area contributed by atoms with Crippen LogP contribution in [0.3, 0.4) is 0 Å². The van der Waals surface area contributed by atoms with Crippen LogP contribution in [0.5, 0.6) is 0 Å². The van der Waals surface area contributed by atoms with E-state index in [9.17, 15) is 15.0 Å². The molecule has 2 N–H and O–H groups in total. The molecule has 0 amide bonds. The quantitative estimate of drug-likeness (QED) is 0.851. The molecule has 5 heteroatoms. The molecule has 1 aliphatic rings. The zero-order chi connectivity index (χ0) is 11.1. The first-order valence-corrected chi connectivity index (χ1v) is 5.37. The maximum absolute atomic E-state index is 11.2. The lowest BCUT2D eigenvalue weighted by molar-refractivity contribution is -0.153. The number of hydrogen-bond acceptors (Lipinski definition) is 3. The number of hydrogen-bond donors (Lipinski definition) is 2. The van der Waals surface area contributed by atoms with Crippen molar-refractivity contribution in [3.8, 4) is 0 Å². The molecule has 0 bridgehead atoms. The summed E-state index contributed by atoms with van der Waals surface area (Å²) in [6.45, 7) is 0. The minimum Gasteiger partial charge on any atom is -0.481 e. The number of aromatic nitrogens is 1. The van der Waals surface area contributed by atoms with Crippen molar-refractivity contribution >= 4 is 21.9 Å². The van der Waals surface area contributed by atoms with Crippen LogP contribution in [0.4, 0.5) is 0 Å². The molecular formula is C10H10BrNO3. The van der Waals surface area contributed by atoms with Crippen molar-refractivity contribution in [2.75, 3.05) is 0 Å². The highest BCUT2D eigenvalue weighted by Gasteiger charge is 2.52. The Morgan fingerprint density at radius 1 is 1.60 bits per heavy atom. The summed E-state index contributed by atoms with van der Waals surface area (Å²) in [4.78, 5) is 15.1. The van der Waals surface area contributed by atoms with Crippen LogP contribution in [0.1, 0.15) is 18.4 Å². The van der Waals surface area contributed by atoms with E-state index in [1.807, 2.05) is 0 Å². The van der Waals surface area contributed by atoms with E-state index in [0.717, 1.165) is 0 Å². The van der Waals surface area contributed by atoms with Gasteiger partial charge >= 0.3 is 5.97 Å². The third-order valence-electron chi connectivity index (χ3n) is 2.87. The first-order chi connectivity index (χ1) is 7.06. The number of carbonyl (C=O) groups is 1. The summed E-state index contributed by atoms with van der Waals surface area (Å²) >= 11 is 3.29. The van der Waals surface area contributed by atoms with Gasteiger partial charge in [-0.05, 0) is 40.4 Å². The maximum Gasteiger partial charge on any atom is 0.314 e. The summed E-state index contributed by atoms with van der Waals surface area (Å²) in [5.41, 5.74) is -0.253. The Morgan fingerprint density at radius 2 is 2.27 bits per heavy atom. The number of carboxylic acids is 1. The van der Waals surface area contributed by atoms with Gasteiger partial charge in [0.25, 0.3) is 0 Å². The molecule has 1 fully saturated rings. The molecule has 1 aromatic heterocycles. The molecule has 0 aliphatic heterocycles. The molecule has 0 radical (unpaired) electrons. The first-order valence-electron chi connectivity index (χ1n) is 4.58. The molecule has 0 atom stereocenters. The highest BCUT2D eigenvalue weighted by atomic mass is 79.9. The zero-order valence-electron chi connectivity index (χ0n) is 7.85. The Bertz CT molecular complexity index is 401. The number of aliphatic hydroxyl groups is 1. The number of aliphatic hydroxyl groups excluding tert-OH is 1. The summed E-state index contributed by atoms with van der Waals surface area (Å²) in [7, 11) is 0. The summed E-state index contributed by atoms with van der Waals surface area (Å²) in [6, 6.07) is 1.68. The molecule has 0 unspecified atom stereocenters. The average molecular weight is 272 g/mol. The van der Waals surface area contributed by atoms with Gasteiger partial charge in [0, 0.05) is 16.9 Å². The molecule has 2 rings (SSSR count). The molecule has 1 aliphatic carbocycles. The first kappa shape index (κ1) is 10.6. The Labute approximate surface area is 95.1 Å². The average Bonchev–Trinajstić information content (AvgIpc) is 2.13. The van der Waals surface area contributed by atoms with Crippen molar-refractivity contribution in [3.05, 3.63) is 28.5 Å². The number of nitrogens with zero attached hydrogens (tertiary/aromatic N) is 1. The molecular weight excluding hydrogens is 262 g/mol. The SMILES string of the molecule is O=C(O)C1(c2ccncc2Br)CC(O)C1. The van der Waals surface area contributed by atoms with Crippen molar-refractivity contribution in [2.45, 2.75) is 24.4 Å². The third kappa shape index (κ3) is 1.55. The summed E-state index contributed by atoms with van der Waals surface area (Å²) in [6.07, 6.45) is 3.16. The number of pyridine rings is 1. The molecule has 0 aromatic carbocycles. The van der Waals surface area contributed by atoms with Crippen LogP contribution in [-0.2, 0) is 10.2 Å². The van der Waals surface area contributed by atoms with E-state index in [0.29, 0.717) is 10.0 Å². The minimum absolute atomic E-state index is 0.269. The van der Waals surface area contributed by atoms with Gasteiger partial charge in [-0.25, -0.2) is 0 Å². The van der Waals surface area contributed by atoms with E-state index in [1.54, 1.807) is 18.5 Å². The zero-order valence-corrected chi connectivity index (χ0v) is 9.44. The Kier molecular flexibility index (Phi) is 2.52. The lowest BCUT2D eigenvalue weighted by Crippen LogP contribution is -2.50. The second-order valence-corrected chi connectivity index (χ2v) is 4.66. The topological polar surface area (TPSA) is 70.4 Å². The monoisotopic (exact) mass is 271 g/mol. The number of rotatable bonds is 2. The lowest BCUT2D eigenvalue weighted by atomic mass is 9.63.